The van der Waals surface area contributed by atoms with Gasteiger partial charge in [0.1, 0.15) is 5.82 Å². The lowest BCUT2D eigenvalue weighted by Crippen LogP contribution is -2.02. The fourth-order valence-electron chi connectivity index (χ4n) is 1.41. The summed E-state index contributed by atoms with van der Waals surface area (Å²) in [5, 5.41) is 0.325. The highest BCUT2D eigenvalue weighted by Gasteiger charge is 2.25. The van der Waals surface area contributed by atoms with Gasteiger partial charge in [0.05, 0.1) is 5.56 Å². The van der Waals surface area contributed by atoms with Crippen LogP contribution >= 0.6 is 11.6 Å². The summed E-state index contributed by atoms with van der Waals surface area (Å²) in [5.74, 6) is -0.137. The molecule has 0 amide bonds. The summed E-state index contributed by atoms with van der Waals surface area (Å²) in [7, 11) is 0. The topological polar surface area (TPSA) is 17.1 Å². The van der Waals surface area contributed by atoms with Gasteiger partial charge in [-0.3, -0.25) is 4.79 Å². The lowest BCUT2D eigenvalue weighted by atomic mass is 10.1. The second-order valence-electron chi connectivity index (χ2n) is 3.69. The summed E-state index contributed by atoms with van der Waals surface area (Å²) in [6.07, 6.45) is 2.67. The zero-order valence-corrected chi connectivity index (χ0v) is 8.35. The Bertz CT molecular complexity index is 372. The van der Waals surface area contributed by atoms with Crippen LogP contribution in [0.15, 0.2) is 18.2 Å². The molecule has 1 aromatic carbocycles. The van der Waals surface area contributed by atoms with E-state index in [1.165, 1.54) is 12.1 Å². The minimum Gasteiger partial charge on any atom is -0.294 e. The third-order valence-corrected chi connectivity index (χ3v) is 2.64. The van der Waals surface area contributed by atoms with Crippen molar-refractivity contribution in [2.45, 2.75) is 19.3 Å². The summed E-state index contributed by atoms with van der Waals surface area (Å²) in [4.78, 5) is 11.5. The van der Waals surface area contributed by atoms with Crippen molar-refractivity contribution in [3.63, 3.8) is 0 Å². The van der Waals surface area contributed by atoms with Gasteiger partial charge in [-0.25, -0.2) is 4.39 Å². The van der Waals surface area contributed by atoms with Gasteiger partial charge in [0.15, 0.2) is 5.78 Å². The van der Waals surface area contributed by atoms with Crippen molar-refractivity contribution in [2.75, 3.05) is 0 Å². The molecule has 0 aliphatic heterocycles. The third-order valence-electron chi connectivity index (χ3n) is 2.40. The van der Waals surface area contributed by atoms with E-state index in [1.807, 2.05) is 0 Å². The van der Waals surface area contributed by atoms with Crippen LogP contribution in [0.3, 0.4) is 0 Å². The number of rotatable bonds is 3. The summed E-state index contributed by atoms with van der Waals surface area (Å²) in [6, 6.07) is 4.19. The van der Waals surface area contributed by atoms with E-state index in [0.717, 1.165) is 12.8 Å². The average molecular weight is 213 g/mol. The molecule has 3 heteroatoms. The Morgan fingerprint density at radius 1 is 1.50 bits per heavy atom. The number of hydrogen-bond donors (Lipinski definition) is 0. The summed E-state index contributed by atoms with van der Waals surface area (Å²) < 4.78 is 13.3. The highest BCUT2D eigenvalue weighted by atomic mass is 35.5. The van der Waals surface area contributed by atoms with E-state index >= 15 is 0 Å². The molecule has 1 fully saturated rings. The number of halogens is 2. The first-order valence-corrected chi connectivity index (χ1v) is 5.03. The third kappa shape index (κ3) is 2.13. The number of hydrogen-bond acceptors (Lipinski definition) is 1. The standard InChI is InChI=1S/C11H10ClFO/c12-8-3-4-9(10(13)6-8)11(14)5-7-1-2-7/h3-4,6-7H,1-2,5H2. The normalized spacial score (nSPS) is 15.6. The van der Waals surface area contributed by atoms with Crippen LogP contribution in [0.2, 0.25) is 5.02 Å². The zero-order valence-electron chi connectivity index (χ0n) is 7.59. The Balaban J connectivity index is 2.17. The predicted molar refractivity (Wildman–Crippen MR) is 53.1 cm³/mol. The molecule has 2 rings (SSSR count). The van der Waals surface area contributed by atoms with Crippen LogP contribution in [0.4, 0.5) is 4.39 Å². The van der Waals surface area contributed by atoms with Crippen molar-refractivity contribution >= 4 is 17.4 Å². The molecule has 0 unspecified atom stereocenters. The summed E-state index contributed by atoms with van der Waals surface area (Å²) in [6.45, 7) is 0. The van der Waals surface area contributed by atoms with Crippen molar-refractivity contribution in [2.24, 2.45) is 5.92 Å². The highest BCUT2D eigenvalue weighted by molar-refractivity contribution is 6.30. The van der Waals surface area contributed by atoms with Crippen molar-refractivity contribution in [3.8, 4) is 0 Å². The number of ketones is 1. The van der Waals surface area contributed by atoms with Gasteiger partial charge in [0.25, 0.3) is 0 Å². The van der Waals surface area contributed by atoms with Gasteiger partial charge in [-0.15, -0.1) is 0 Å². The van der Waals surface area contributed by atoms with E-state index in [9.17, 15) is 9.18 Å². The molecule has 14 heavy (non-hydrogen) atoms. The first-order valence-electron chi connectivity index (χ1n) is 4.65. The first kappa shape index (κ1) is 9.66. The van der Waals surface area contributed by atoms with Crippen molar-refractivity contribution in [1.82, 2.24) is 0 Å². The van der Waals surface area contributed by atoms with Crippen LogP contribution in [-0.2, 0) is 0 Å². The number of Topliss-reactive ketones (excluding diaryl/α,β-unsaturated/α-hetero) is 1. The van der Waals surface area contributed by atoms with E-state index < -0.39 is 5.82 Å². The Morgan fingerprint density at radius 3 is 2.79 bits per heavy atom. The number of carbonyl (C=O) groups is 1. The van der Waals surface area contributed by atoms with Crippen LogP contribution in [0.1, 0.15) is 29.6 Å². The molecule has 0 bridgehead atoms. The second-order valence-corrected chi connectivity index (χ2v) is 4.13. The van der Waals surface area contributed by atoms with Gasteiger partial charge in [0.2, 0.25) is 0 Å². The predicted octanol–water partition coefficient (Wildman–Crippen LogP) is 3.46. The quantitative estimate of drug-likeness (QED) is 0.702. The molecule has 74 valence electrons. The van der Waals surface area contributed by atoms with Gasteiger partial charge >= 0.3 is 0 Å². The van der Waals surface area contributed by atoms with Gasteiger partial charge in [0, 0.05) is 11.4 Å². The average Bonchev–Trinajstić information content (AvgIpc) is 2.87. The SMILES string of the molecule is O=C(CC1CC1)c1ccc(Cl)cc1F. The molecule has 1 aliphatic carbocycles. The van der Waals surface area contributed by atoms with Crippen molar-refractivity contribution in [1.29, 1.82) is 0 Å². The first-order chi connectivity index (χ1) is 6.66. The Kier molecular flexibility index (Phi) is 2.55. The summed E-state index contributed by atoms with van der Waals surface area (Å²) in [5.41, 5.74) is 0.168. The smallest absolute Gasteiger partial charge is 0.166 e. The molecule has 1 aliphatic rings. The monoisotopic (exact) mass is 212 g/mol. The van der Waals surface area contributed by atoms with Crippen LogP contribution in [0.5, 0.6) is 0 Å². The molecule has 0 N–H and O–H groups in total. The van der Waals surface area contributed by atoms with Crippen molar-refractivity contribution in [3.05, 3.63) is 34.6 Å². The molecule has 1 saturated carbocycles. The van der Waals surface area contributed by atoms with Gasteiger partial charge < -0.3 is 0 Å². The Hall–Kier alpha value is -0.890. The zero-order chi connectivity index (χ0) is 10.1. The Labute approximate surface area is 86.9 Å². The minimum absolute atomic E-state index is 0.110. The van der Waals surface area contributed by atoms with E-state index in [0.29, 0.717) is 17.4 Å². The molecule has 0 spiro atoms. The van der Waals surface area contributed by atoms with Crippen LogP contribution in [0.25, 0.3) is 0 Å². The number of benzene rings is 1. The molecule has 1 nitrogen and oxygen atoms in total. The molecule has 0 atom stereocenters. The fraction of sp³-hybridized carbons (Fsp3) is 0.364. The van der Waals surface area contributed by atoms with Crippen LogP contribution in [0, 0.1) is 11.7 Å². The molecular weight excluding hydrogens is 203 g/mol. The lowest BCUT2D eigenvalue weighted by Gasteiger charge is -2.01. The summed E-state index contributed by atoms with van der Waals surface area (Å²) >= 11 is 5.59. The highest BCUT2D eigenvalue weighted by Crippen LogP contribution is 2.33. The molecule has 1 aromatic rings. The van der Waals surface area contributed by atoms with Crippen LogP contribution < -0.4 is 0 Å². The molecule has 0 heterocycles. The second kappa shape index (κ2) is 3.70. The van der Waals surface area contributed by atoms with E-state index in [-0.39, 0.29) is 11.3 Å². The maximum absolute atomic E-state index is 13.3. The van der Waals surface area contributed by atoms with E-state index in [4.69, 9.17) is 11.6 Å². The fourth-order valence-corrected chi connectivity index (χ4v) is 1.57. The lowest BCUT2D eigenvalue weighted by molar-refractivity contribution is 0.0972. The van der Waals surface area contributed by atoms with E-state index in [2.05, 4.69) is 0 Å². The molecule has 0 saturated heterocycles. The molecule has 0 radical (unpaired) electrons. The van der Waals surface area contributed by atoms with E-state index in [1.54, 1.807) is 6.07 Å². The van der Waals surface area contributed by atoms with Crippen LogP contribution in [-0.4, -0.2) is 5.78 Å². The molecule has 0 aromatic heterocycles. The van der Waals surface area contributed by atoms with Gasteiger partial charge in [-0.2, -0.15) is 0 Å². The minimum atomic E-state index is -0.511. The number of carbonyl (C=O) groups excluding carboxylic acids is 1. The maximum Gasteiger partial charge on any atom is 0.166 e. The molecular formula is C11H10ClFO. The van der Waals surface area contributed by atoms with Gasteiger partial charge in [-0.05, 0) is 37.0 Å². The van der Waals surface area contributed by atoms with Crippen molar-refractivity contribution < 1.29 is 9.18 Å². The Morgan fingerprint density at radius 2 is 2.21 bits per heavy atom. The van der Waals surface area contributed by atoms with Gasteiger partial charge in [-0.1, -0.05) is 11.6 Å². The maximum atomic E-state index is 13.3. The largest absolute Gasteiger partial charge is 0.294 e.